The third-order valence-corrected chi connectivity index (χ3v) is 3.41. The lowest BCUT2D eigenvalue weighted by Crippen LogP contribution is -2.40. The summed E-state index contributed by atoms with van der Waals surface area (Å²) in [5.41, 5.74) is 0. The van der Waals surface area contributed by atoms with Crippen LogP contribution < -0.4 is 0 Å². The summed E-state index contributed by atoms with van der Waals surface area (Å²) in [4.78, 5) is 1.27. The van der Waals surface area contributed by atoms with Gasteiger partial charge in [0.15, 0.2) is 0 Å². The van der Waals surface area contributed by atoms with E-state index in [1.165, 1.54) is 16.7 Å². The molecule has 0 aromatic heterocycles. The third-order valence-electron chi connectivity index (χ3n) is 1.61. The molecule has 0 unspecified atom stereocenters. The molecule has 12 heavy (non-hydrogen) atoms. The first-order chi connectivity index (χ1) is 5.43. The maximum Gasteiger partial charge on any atom is 0.408 e. The molecule has 1 atom stereocenters. The van der Waals surface area contributed by atoms with E-state index in [1.807, 2.05) is 0 Å². The van der Waals surface area contributed by atoms with Gasteiger partial charge in [-0.3, -0.25) is 0 Å². The molecule has 1 aliphatic heterocycles. The van der Waals surface area contributed by atoms with Crippen LogP contribution >= 0.6 is 27.7 Å². The summed E-state index contributed by atoms with van der Waals surface area (Å²) < 4.78 is 37.0. The van der Waals surface area contributed by atoms with Crippen molar-refractivity contribution in [3.63, 3.8) is 0 Å². The zero-order chi connectivity index (χ0) is 9.35. The number of hydrogen-bond acceptors (Lipinski definition) is 2. The first-order valence-corrected chi connectivity index (χ1v) is 5.07. The molecule has 0 aromatic rings. The molecule has 0 saturated carbocycles. The van der Waals surface area contributed by atoms with Crippen LogP contribution in [-0.4, -0.2) is 23.0 Å². The first kappa shape index (κ1) is 10.2. The third kappa shape index (κ3) is 2.10. The summed E-state index contributed by atoms with van der Waals surface area (Å²) in [7, 11) is 0. The Labute approximate surface area is 81.1 Å². The Morgan fingerprint density at radius 3 is 2.58 bits per heavy atom. The summed E-state index contributed by atoms with van der Waals surface area (Å²) >= 11 is 4.42. The summed E-state index contributed by atoms with van der Waals surface area (Å²) in [5.74, 6) is 0.362. The molecule has 0 aliphatic carbocycles. The van der Waals surface area contributed by atoms with E-state index in [9.17, 15) is 13.2 Å². The summed E-state index contributed by atoms with van der Waals surface area (Å²) in [6, 6.07) is -1.42. The largest absolute Gasteiger partial charge is 0.408 e. The van der Waals surface area contributed by atoms with Crippen LogP contribution in [0.15, 0.2) is 10.0 Å². The van der Waals surface area contributed by atoms with Gasteiger partial charge < -0.3 is 4.90 Å². The van der Waals surface area contributed by atoms with Crippen LogP contribution in [-0.2, 0) is 0 Å². The number of rotatable bonds is 1. The van der Waals surface area contributed by atoms with Crippen LogP contribution in [0, 0.1) is 0 Å². The zero-order valence-electron chi connectivity index (χ0n) is 6.23. The number of nitrogens with zero attached hydrogens (tertiary/aromatic N) is 1. The first-order valence-electron chi connectivity index (χ1n) is 3.23. The van der Waals surface area contributed by atoms with Gasteiger partial charge in [0.05, 0.1) is 10.5 Å². The Hall–Kier alpha value is 0.160. The van der Waals surface area contributed by atoms with Gasteiger partial charge in [0.1, 0.15) is 6.04 Å². The minimum absolute atomic E-state index is 0.362. The van der Waals surface area contributed by atoms with Gasteiger partial charge in [0, 0.05) is 5.41 Å². The van der Waals surface area contributed by atoms with Crippen LogP contribution in [0.25, 0.3) is 0 Å². The van der Waals surface area contributed by atoms with E-state index < -0.39 is 12.2 Å². The van der Waals surface area contributed by atoms with Crippen LogP contribution in [0.4, 0.5) is 13.2 Å². The molecule has 0 aromatic carbocycles. The van der Waals surface area contributed by atoms with Gasteiger partial charge in [-0.05, 0) is 22.9 Å². The smallest absolute Gasteiger partial charge is 0.344 e. The molecule has 0 radical (unpaired) electrons. The van der Waals surface area contributed by atoms with Crippen molar-refractivity contribution in [2.75, 3.05) is 5.88 Å². The van der Waals surface area contributed by atoms with Crippen molar-refractivity contribution in [1.82, 2.24) is 4.90 Å². The lowest BCUT2D eigenvalue weighted by molar-refractivity contribution is -0.169. The fraction of sp³-hybridized carbons (Fsp3) is 0.667. The van der Waals surface area contributed by atoms with Gasteiger partial charge in [-0.15, -0.1) is 11.8 Å². The molecular weight excluding hydrogens is 255 g/mol. The van der Waals surface area contributed by atoms with Crippen molar-refractivity contribution in [2.24, 2.45) is 0 Å². The summed E-state index contributed by atoms with van der Waals surface area (Å²) in [6.07, 6.45) is -4.16. The second kappa shape index (κ2) is 3.49. The van der Waals surface area contributed by atoms with E-state index in [-0.39, 0.29) is 0 Å². The van der Waals surface area contributed by atoms with Crippen molar-refractivity contribution < 1.29 is 13.2 Å². The summed E-state index contributed by atoms with van der Waals surface area (Å²) in [5, 5.41) is 1.67. The molecule has 1 rings (SSSR count). The van der Waals surface area contributed by atoms with Crippen LogP contribution in [0.2, 0.25) is 0 Å². The normalized spacial score (nSPS) is 21.1. The zero-order valence-corrected chi connectivity index (χ0v) is 8.63. The number of alkyl halides is 3. The molecular formula is C6H7BrF3NS. The minimum atomic E-state index is -4.16. The van der Waals surface area contributed by atoms with Crippen molar-refractivity contribution in [2.45, 2.75) is 19.1 Å². The molecule has 70 valence electrons. The Morgan fingerprint density at radius 2 is 2.25 bits per heavy atom. The van der Waals surface area contributed by atoms with E-state index >= 15 is 0 Å². The predicted molar refractivity (Wildman–Crippen MR) is 46.8 cm³/mol. The molecule has 0 bridgehead atoms. The highest BCUT2D eigenvalue weighted by molar-refractivity contribution is 9.11. The van der Waals surface area contributed by atoms with E-state index in [0.717, 1.165) is 6.92 Å². The number of hydrogen-bond donors (Lipinski definition) is 0. The van der Waals surface area contributed by atoms with Crippen molar-refractivity contribution in [3.8, 4) is 0 Å². The topological polar surface area (TPSA) is 3.24 Å². The second-order valence-electron chi connectivity index (χ2n) is 2.42. The lowest BCUT2D eigenvalue weighted by Gasteiger charge is -2.27. The van der Waals surface area contributed by atoms with Crippen molar-refractivity contribution in [1.29, 1.82) is 0 Å². The van der Waals surface area contributed by atoms with Crippen LogP contribution in [0.1, 0.15) is 6.92 Å². The number of thioether (sulfide) groups is 1. The second-order valence-corrected chi connectivity index (χ2v) is 4.06. The molecule has 1 heterocycles. The molecule has 1 aliphatic rings. The molecule has 0 saturated heterocycles. The molecule has 6 heteroatoms. The van der Waals surface area contributed by atoms with Gasteiger partial charge >= 0.3 is 6.18 Å². The van der Waals surface area contributed by atoms with Gasteiger partial charge in [-0.25, -0.2) is 0 Å². The Kier molecular flexibility index (Phi) is 2.98. The maximum absolute atomic E-state index is 12.2. The van der Waals surface area contributed by atoms with E-state index in [1.54, 1.807) is 5.41 Å². The number of halogens is 4. The molecule has 0 amide bonds. The van der Waals surface area contributed by atoms with E-state index in [4.69, 9.17) is 0 Å². The van der Waals surface area contributed by atoms with Crippen molar-refractivity contribution in [3.05, 3.63) is 10.0 Å². The Morgan fingerprint density at radius 1 is 1.67 bits per heavy atom. The van der Waals surface area contributed by atoms with Gasteiger partial charge in [0.25, 0.3) is 0 Å². The average molecular weight is 262 g/mol. The van der Waals surface area contributed by atoms with Crippen LogP contribution in [0.5, 0.6) is 0 Å². The van der Waals surface area contributed by atoms with E-state index in [2.05, 4.69) is 15.9 Å². The monoisotopic (exact) mass is 261 g/mol. The van der Waals surface area contributed by atoms with Gasteiger partial charge in [0.2, 0.25) is 0 Å². The summed E-state index contributed by atoms with van der Waals surface area (Å²) in [6.45, 7) is 1.15. The SMILES string of the molecule is C[C@H](N1CSC=C1Br)C(F)(F)F. The Balaban J connectivity index is 2.65. The highest BCUT2D eigenvalue weighted by Gasteiger charge is 2.41. The average Bonchev–Trinajstić information content (AvgIpc) is 2.31. The van der Waals surface area contributed by atoms with Gasteiger partial charge in [-0.1, -0.05) is 0 Å². The lowest BCUT2D eigenvalue weighted by atomic mass is 10.3. The minimum Gasteiger partial charge on any atom is -0.344 e. The molecule has 0 fully saturated rings. The molecule has 0 N–H and O–H groups in total. The maximum atomic E-state index is 12.2. The fourth-order valence-electron chi connectivity index (χ4n) is 0.789. The standard InChI is InChI=1S/C6H7BrF3NS/c1-4(6(8,9)10)11-3-12-2-5(11)7/h2,4H,3H2,1H3/t4-/m0/s1. The van der Waals surface area contributed by atoms with Crippen molar-refractivity contribution >= 4 is 27.7 Å². The molecule has 1 nitrogen and oxygen atoms in total. The predicted octanol–water partition coefficient (Wildman–Crippen LogP) is 3.14. The molecule has 0 spiro atoms. The van der Waals surface area contributed by atoms with Crippen LogP contribution in [0.3, 0.4) is 0 Å². The van der Waals surface area contributed by atoms with Gasteiger partial charge in [-0.2, -0.15) is 13.2 Å². The fourth-order valence-corrected chi connectivity index (χ4v) is 2.65. The Bertz CT molecular complexity index is 203. The quantitative estimate of drug-likeness (QED) is 0.668. The highest BCUT2D eigenvalue weighted by atomic mass is 79.9. The highest BCUT2D eigenvalue weighted by Crippen LogP contribution is 2.35. The van der Waals surface area contributed by atoms with E-state index in [0.29, 0.717) is 10.5 Å².